The molecule has 2 heterocycles. The Bertz CT molecular complexity index is 760. The number of rotatable bonds is 4. The first-order chi connectivity index (χ1) is 11.7. The van der Waals surface area contributed by atoms with E-state index in [1.807, 2.05) is 6.07 Å². The molecule has 0 saturated heterocycles. The Balaban J connectivity index is 1.68. The number of hydrogen-bond donors (Lipinski definition) is 1. The van der Waals surface area contributed by atoms with Gasteiger partial charge in [-0.2, -0.15) is 0 Å². The van der Waals surface area contributed by atoms with Crippen molar-refractivity contribution >= 4 is 0 Å². The van der Waals surface area contributed by atoms with Gasteiger partial charge in [-0.1, -0.05) is 0 Å². The quantitative estimate of drug-likeness (QED) is 0.933. The maximum Gasteiger partial charge on any atom is 0.212 e. The molecule has 1 saturated carbocycles. The minimum atomic E-state index is -0.430. The predicted molar refractivity (Wildman–Crippen MR) is 85.9 cm³/mol. The van der Waals surface area contributed by atoms with Crippen molar-refractivity contribution < 1.29 is 18.6 Å². The molecule has 2 aliphatic rings. The van der Waals surface area contributed by atoms with E-state index in [-0.39, 0.29) is 5.75 Å². The molecule has 0 radical (unpaired) electrons. The van der Waals surface area contributed by atoms with Crippen molar-refractivity contribution in [3.63, 3.8) is 0 Å². The molecule has 24 heavy (non-hydrogen) atoms. The van der Waals surface area contributed by atoms with E-state index in [9.17, 15) is 4.39 Å². The first-order valence-electron chi connectivity index (χ1n) is 8.06. The molecule has 1 aliphatic heterocycles. The summed E-state index contributed by atoms with van der Waals surface area (Å²) in [5.74, 6) is 1.20. The van der Waals surface area contributed by atoms with Crippen molar-refractivity contribution in [2.75, 3.05) is 13.7 Å². The minimum absolute atomic E-state index is 0.182. The first-order valence-corrected chi connectivity index (χ1v) is 8.06. The Morgan fingerprint density at radius 1 is 1.33 bits per heavy atom. The molecule has 5 nitrogen and oxygen atoms in total. The predicted octanol–water partition coefficient (Wildman–Crippen LogP) is 3.08. The molecule has 1 aliphatic carbocycles. The number of ether oxygens (including phenoxy) is 3. The average molecular weight is 330 g/mol. The highest BCUT2D eigenvalue weighted by molar-refractivity contribution is 5.55. The summed E-state index contributed by atoms with van der Waals surface area (Å²) in [5, 5.41) is 0. The summed E-state index contributed by atoms with van der Waals surface area (Å²) in [6.45, 7) is 0.611. The maximum absolute atomic E-state index is 14.5. The van der Waals surface area contributed by atoms with Gasteiger partial charge >= 0.3 is 0 Å². The van der Waals surface area contributed by atoms with Gasteiger partial charge in [0.25, 0.3) is 0 Å². The molecule has 1 aromatic heterocycles. The number of benzene rings is 1. The van der Waals surface area contributed by atoms with Crippen LogP contribution in [0.2, 0.25) is 0 Å². The van der Waals surface area contributed by atoms with Crippen LogP contribution in [0.5, 0.6) is 17.4 Å². The molecule has 1 fully saturated rings. The average Bonchev–Trinajstić information content (AvgIpc) is 3.46. The Kier molecular flexibility index (Phi) is 3.76. The smallest absolute Gasteiger partial charge is 0.212 e. The molecule has 4 rings (SSSR count). The van der Waals surface area contributed by atoms with Crippen molar-refractivity contribution in [2.24, 2.45) is 5.73 Å². The van der Waals surface area contributed by atoms with Crippen LogP contribution in [-0.4, -0.2) is 18.7 Å². The monoisotopic (exact) mass is 330 g/mol. The van der Waals surface area contributed by atoms with E-state index in [1.54, 1.807) is 19.4 Å². The van der Waals surface area contributed by atoms with Crippen molar-refractivity contribution in [3.05, 3.63) is 46.9 Å². The first kappa shape index (κ1) is 15.2. The number of nitrogens with zero attached hydrogens (tertiary/aromatic N) is 1. The summed E-state index contributed by atoms with van der Waals surface area (Å²) in [7, 11) is 1.56. The summed E-state index contributed by atoms with van der Waals surface area (Å²) in [6.07, 6.45) is 3.42. The third-order valence-corrected chi connectivity index (χ3v) is 4.50. The second-order valence-electron chi connectivity index (χ2n) is 6.12. The zero-order valence-electron chi connectivity index (χ0n) is 13.4. The molecule has 1 unspecified atom stereocenters. The standard InChI is InChI=1S/C18H19FN2O3/c1-22-15-5-4-11(8-21-15)14-9-23-18-16(10-2-3-10)12(7-20)6-13(19)17(18)24-14/h4-6,8,10,14H,2-3,7,9,20H2,1H3. The lowest BCUT2D eigenvalue weighted by Gasteiger charge is -2.29. The Hall–Kier alpha value is -2.34. The normalized spacial score (nSPS) is 19.2. The molecule has 2 aromatic rings. The van der Waals surface area contributed by atoms with E-state index in [4.69, 9.17) is 19.9 Å². The highest BCUT2D eigenvalue weighted by atomic mass is 19.1. The van der Waals surface area contributed by atoms with Crippen molar-refractivity contribution in [1.82, 2.24) is 4.98 Å². The van der Waals surface area contributed by atoms with Crippen LogP contribution in [-0.2, 0) is 6.54 Å². The maximum atomic E-state index is 14.5. The second-order valence-corrected chi connectivity index (χ2v) is 6.12. The number of methoxy groups -OCH3 is 1. The largest absolute Gasteiger partial charge is 0.485 e. The van der Waals surface area contributed by atoms with Gasteiger partial charge in [0.15, 0.2) is 23.4 Å². The summed E-state index contributed by atoms with van der Waals surface area (Å²) in [4.78, 5) is 4.17. The fourth-order valence-electron chi connectivity index (χ4n) is 3.12. The van der Waals surface area contributed by atoms with Crippen LogP contribution in [0.1, 0.15) is 41.6 Å². The number of pyridine rings is 1. The second kappa shape index (κ2) is 5.94. The molecule has 126 valence electrons. The van der Waals surface area contributed by atoms with E-state index < -0.39 is 11.9 Å². The fourth-order valence-corrected chi connectivity index (χ4v) is 3.12. The van der Waals surface area contributed by atoms with Crippen LogP contribution in [0.25, 0.3) is 0 Å². The number of nitrogens with two attached hydrogens (primary N) is 1. The third-order valence-electron chi connectivity index (χ3n) is 4.50. The van der Waals surface area contributed by atoms with E-state index in [0.717, 1.165) is 29.5 Å². The third kappa shape index (κ3) is 2.57. The molecular formula is C18H19FN2O3. The Morgan fingerprint density at radius 3 is 2.79 bits per heavy atom. The van der Waals surface area contributed by atoms with Crippen molar-refractivity contribution in [2.45, 2.75) is 31.4 Å². The van der Waals surface area contributed by atoms with E-state index in [0.29, 0.717) is 30.7 Å². The number of aromatic nitrogens is 1. The summed E-state index contributed by atoms with van der Waals surface area (Å²) in [5.41, 5.74) is 8.42. The highest BCUT2D eigenvalue weighted by Gasteiger charge is 2.36. The van der Waals surface area contributed by atoms with Gasteiger partial charge in [0.05, 0.1) is 7.11 Å². The van der Waals surface area contributed by atoms with Gasteiger partial charge in [0, 0.05) is 29.9 Å². The van der Waals surface area contributed by atoms with E-state index in [2.05, 4.69) is 4.98 Å². The van der Waals surface area contributed by atoms with Crippen LogP contribution >= 0.6 is 0 Å². The molecule has 6 heteroatoms. The van der Waals surface area contributed by atoms with Crippen LogP contribution in [0.4, 0.5) is 4.39 Å². The van der Waals surface area contributed by atoms with Crippen LogP contribution in [0.3, 0.4) is 0 Å². The summed E-state index contributed by atoms with van der Waals surface area (Å²) < 4.78 is 31.4. The molecule has 2 N–H and O–H groups in total. The van der Waals surface area contributed by atoms with Gasteiger partial charge in [-0.15, -0.1) is 0 Å². The minimum Gasteiger partial charge on any atom is -0.485 e. The van der Waals surface area contributed by atoms with Gasteiger partial charge < -0.3 is 19.9 Å². The highest BCUT2D eigenvalue weighted by Crippen LogP contribution is 2.52. The molecule has 1 atom stereocenters. The van der Waals surface area contributed by atoms with Gasteiger partial charge in [0.2, 0.25) is 5.88 Å². The topological polar surface area (TPSA) is 66.6 Å². The molecule has 0 spiro atoms. The van der Waals surface area contributed by atoms with E-state index >= 15 is 0 Å². The molecule has 0 amide bonds. The SMILES string of the molecule is COc1ccc(C2COc3c(c(F)cc(CN)c3C3CC3)O2)cn1. The van der Waals surface area contributed by atoms with Gasteiger partial charge in [0.1, 0.15) is 6.61 Å². The van der Waals surface area contributed by atoms with Crippen molar-refractivity contribution in [1.29, 1.82) is 0 Å². The zero-order valence-corrected chi connectivity index (χ0v) is 13.4. The van der Waals surface area contributed by atoms with Crippen LogP contribution in [0, 0.1) is 5.82 Å². The number of fused-ring (bicyclic) bond motifs is 1. The van der Waals surface area contributed by atoms with Crippen LogP contribution in [0.15, 0.2) is 24.4 Å². The Morgan fingerprint density at radius 2 is 2.17 bits per heavy atom. The zero-order chi connectivity index (χ0) is 16.7. The summed E-state index contributed by atoms with van der Waals surface area (Å²) >= 11 is 0. The van der Waals surface area contributed by atoms with Crippen molar-refractivity contribution in [3.8, 4) is 17.4 Å². The van der Waals surface area contributed by atoms with E-state index in [1.165, 1.54) is 6.07 Å². The number of halogens is 1. The Labute approximate surface area is 139 Å². The van der Waals surface area contributed by atoms with Gasteiger partial charge in [-0.05, 0) is 36.5 Å². The molecule has 1 aromatic carbocycles. The lowest BCUT2D eigenvalue weighted by molar-refractivity contribution is 0.0842. The summed E-state index contributed by atoms with van der Waals surface area (Å²) in [6, 6.07) is 5.07. The molecular weight excluding hydrogens is 311 g/mol. The molecule has 0 bridgehead atoms. The van der Waals surface area contributed by atoms with Gasteiger partial charge in [-0.3, -0.25) is 0 Å². The van der Waals surface area contributed by atoms with Gasteiger partial charge in [-0.25, -0.2) is 9.37 Å². The lowest BCUT2D eigenvalue weighted by atomic mass is 10.00. The van der Waals surface area contributed by atoms with Crippen LogP contribution < -0.4 is 19.9 Å². The fraction of sp³-hybridized carbons (Fsp3) is 0.389. The lowest BCUT2D eigenvalue weighted by Crippen LogP contribution is -2.24. The number of hydrogen-bond acceptors (Lipinski definition) is 5.